The van der Waals surface area contributed by atoms with Crippen LogP contribution in [0.2, 0.25) is 5.02 Å². The number of hydrogen-bond donors (Lipinski definition) is 0. The van der Waals surface area contributed by atoms with E-state index in [9.17, 15) is 0 Å². The molecule has 0 saturated heterocycles. The van der Waals surface area contributed by atoms with Crippen LogP contribution in [0.1, 0.15) is 32.2 Å². The van der Waals surface area contributed by atoms with Gasteiger partial charge in [0.25, 0.3) is 0 Å². The Labute approximate surface area is 161 Å². The molecular weight excluding hydrogens is 381 g/mol. The van der Waals surface area contributed by atoms with Gasteiger partial charge in [0.05, 0.1) is 4.91 Å². The molecule has 128 valence electrons. The molecule has 0 atom stereocenters. The Morgan fingerprint density at radius 3 is 2.62 bits per heavy atom. The molecule has 1 aromatic carbocycles. The molecule has 3 nitrogen and oxygen atoms in total. The van der Waals surface area contributed by atoms with E-state index in [0.29, 0.717) is 0 Å². The number of benzene rings is 1. The molecule has 24 heavy (non-hydrogen) atoms. The van der Waals surface area contributed by atoms with Crippen molar-refractivity contribution in [3.8, 4) is 0 Å². The second-order valence-electron chi connectivity index (χ2n) is 5.22. The third-order valence-electron chi connectivity index (χ3n) is 3.09. The number of thioether (sulfide) groups is 2. The molecule has 0 radical (unpaired) electrons. The van der Waals surface area contributed by atoms with Gasteiger partial charge in [0, 0.05) is 22.9 Å². The summed E-state index contributed by atoms with van der Waals surface area (Å²) >= 11 is 15.4. The Morgan fingerprint density at radius 2 is 2.00 bits per heavy atom. The second kappa shape index (κ2) is 9.56. The molecule has 0 bridgehead atoms. The molecule has 2 rings (SSSR count). The van der Waals surface area contributed by atoms with Crippen LogP contribution in [0.25, 0.3) is 4.91 Å². The van der Waals surface area contributed by atoms with Crippen molar-refractivity contribution in [3.05, 3.63) is 57.2 Å². The van der Waals surface area contributed by atoms with Crippen molar-refractivity contribution in [1.29, 1.82) is 0 Å². The maximum atomic E-state index is 6.22. The summed E-state index contributed by atoms with van der Waals surface area (Å²) in [4.78, 5) is 0.886. The number of allylic oxidation sites excluding steroid dienone is 1. The van der Waals surface area contributed by atoms with E-state index in [1.54, 1.807) is 29.1 Å². The monoisotopic (exact) mass is 399 g/mol. The van der Waals surface area contributed by atoms with Crippen molar-refractivity contribution in [2.75, 3.05) is 0 Å². The number of halogens is 2. The maximum Gasteiger partial charge on any atom is 0.191 e. The van der Waals surface area contributed by atoms with Crippen molar-refractivity contribution < 1.29 is 0 Å². The third kappa shape index (κ3) is 5.06. The van der Waals surface area contributed by atoms with Crippen LogP contribution in [0.3, 0.4) is 0 Å². The van der Waals surface area contributed by atoms with E-state index in [0.717, 1.165) is 38.8 Å². The van der Waals surface area contributed by atoms with E-state index in [1.165, 1.54) is 5.57 Å². The zero-order valence-electron chi connectivity index (χ0n) is 13.8. The summed E-state index contributed by atoms with van der Waals surface area (Å²) in [5.41, 5.74) is 3.86. The Morgan fingerprint density at radius 1 is 1.25 bits per heavy atom. The Balaban J connectivity index is 2.19. The standard InChI is InChI=1S/C17H19Cl2N3S2/c1-4-22-16(15(9-18)23-10-12(2)3)20-21-17(22)24-11-13-7-5-6-8-14(13)19/h5-10H,4,11H2,1-3H3/b15-9+. The molecule has 0 aliphatic heterocycles. The largest absolute Gasteiger partial charge is 0.302 e. The molecule has 0 saturated carbocycles. The molecule has 0 amide bonds. The molecule has 1 aromatic heterocycles. The van der Waals surface area contributed by atoms with Gasteiger partial charge in [0.15, 0.2) is 11.0 Å². The number of hydrogen-bond acceptors (Lipinski definition) is 4. The van der Waals surface area contributed by atoms with Crippen molar-refractivity contribution in [2.45, 2.75) is 38.2 Å². The summed E-state index contributed by atoms with van der Waals surface area (Å²) in [5.74, 6) is 1.54. The van der Waals surface area contributed by atoms with Crippen molar-refractivity contribution in [1.82, 2.24) is 14.8 Å². The third-order valence-corrected chi connectivity index (χ3v) is 5.96. The van der Waals surface area contributed by atoms with Gasteiger partial charge in [0.2, 0.25) is 0 Å². The fourth-order valence-electron chi connectivity index (χ4n) is 1.93. The van der Waals surface area contributed by atoms with Gasteiger partial charge >= 0.3 is 0 Å². The smallest absolute Gasteiger partial charge is 0.191 e. The van der Waals surface area contributed by atoms with Crippen molar-refractivity contribution in [3.63, 3.8) is 0 Å². The lowest BCUT2D eigenvalue weighted by atomic mass is 10.2. The number of aromatic nitrogens is 3. The summed E-state index contributed by atoms with van der Waals surface area (Å²) in [7, 11) is 0. The average molecular weight is 400 g/mol. The van der Waals surface area contributed by atoms with Crippen LogP contribution >= 0.6 is 46.7 Å². The highest BCUT2D eigenvalue weighted by Gasteiger charge is 2.15. The van der Waals surface area contributed by atoms with Gasteiger partial charge in [-0.15, -0.1) is 10.2 Å². The Hall–Kier alpha value is -0.880. The summed E-state index contributed by atoms with van der Waals surface area (Å²) < 4.78 is 2.07. The average Bonchev–Trinajstić information content (AvgIpc) is 2.97. The van der Waals surface area contributed by atoms with E-state index in [1.807, 2.05) is 38.1 Å². The van der Waals surface area contributed by atoms with Gasteiger partial charge in [-0.05, 0) is 37.8 Å². The molecule has 0 aliphatic carbocycles. The van der Waals surface area contributed by atoms with Crippen LogP contribution in [0.4, 0.5) is 0 Å². The van der Waals surface area contributed by atoms with Crippen molar-refractivity contribution >= 4 is 51.6 Å². The van der Waals surface area contributed by atoms with Crippen LogP contribution in [0.5, 0.6) is 0 Å². The molecule has 1 heterocycles. The molecule has 0 N–H and O–H groups in total. The van der Waals surface area contributed by atoms with Crippen molar-refractivity contribution in [2.24, 2.45) is 0 Å². The summed E-state index contributed by atoms with van der Waals surface area (Å²) in [5, 5.41) is 12.3. The second-order valence-corrected chi connectivity index (χ2v) is 7.70. The SMILES string of the molecule is CCn1c(SCc2ccccc2Cl)nnc1/C(=C\Cl)SC=C(C)C. The van der Waals surface area contributed by atoms with Crippen LogP contribution in [-0.2, 0) is 12.3 Å². The molecule has 2 aromatic rings. The molecule has 7 heteroatoms. The highest BCUT2D eigenvalue weighted by molar-refractivity contribution is 8.11. The highest BCUT2D eigenvalue weighted by atomic mass is 35.5. The predicted molar refractivity (Wildman–Crippen MR) is 108 cm³/mol. The quantitative estimate of drug-likeness (QED) is 0.501. The normalized spacial score (nSPS) is 11.6. The van der Waals surface area contributed by atoms with Gasteiger partial charge in [-0.25, -0.2) is 0 Å². The van der Waals surface area contributed by atoms with E-state index >= 15 is 0 Å². The zero-order valence-corrected chi connectivity index (χ0v) is 16.9. The minimum absolute atomic E-state index is 0.749. The lowest BCUT2D eigenvalue weighted by Crippen LogP contribution is -2.01. The van der Waals surface area contributed by atoms with Gasteiger partial charge in [0.1, 0.15) is 0 Å². The van der Waals surface area contributed by atoms with Crippen LogP contribution in [-0.4, -0.2) is 14.8 Å². The first-order chi connectivity index (χ1) is 11.6. The molecular formula is C17H19Cl2N3S2. The number of rotatable bonds is 7. The lowest BCUT2D eigenvalue weighted by molar-refractivity contribution is 0.675. The van der Waals surface area contributed by atoms with Gasteiger partial charge in [-0.2, -0.15) is 0 Å². The minimum atomic E-state index is 0.749. The minimum Gasteiger partial charge on any atom is -0.302 e. The summed E-state index contributed by atoms with van der Waals surface area (Å²) in [6.45, 7) is 6.95. The Bertz CT molecular complexity index is 750. The van der Waals surface area contributed by atoms with Crippen LogP contribution in [0, 0.1) is 0 Å². The first-order valence-electron chi connectivity index (χ1n) is 7.47. The van der Waals surface area contributed by atoms with E-state index < -0.39 is 0 Å². The highest BCUT2D eigenvalue weighted by Crippen LogP contribution is 2.32. The first kappa shape index (κ1) is 19.4. The number of nitrogens with zero attached hydrogens (tertiary/aromatic N) is 3. The molecule has 0 fully saturated rings. The predicted octanol–water partition coefficient (Wildman–Crippen LogP) is 6.44. The topological polar surface area (TPSA) is 30.7 Å². The summed E-state index contributed by atoms with van der Waals surface area (Å²) in [6.07, 6.45) is 0. The maximum absolute atomic E-state index is 6.22. The first-order valence-corrected chi connectivity index (χ1v) is 10.1. The van der Waals surface area contributed by atoms with E-state index in [-0.39, 0.29) is 0 Å². The molecule has 0 unspecified atom stereocenters. The lowest BCUT2D eigenvalue weighted by Gasteiger charge is -2.09. The molecule has 0 spiro atoms. The van der Waals surface area contributed by atoms with E-state index in [4.69, 9.17) is 23.2 Å². The van der Waals surface area contributed by atoms with Gasteiger partial charge in [-0.1, -0.05) is 70.5 Å². The van der Waals surface area contributed by atoms with E-state index in [2.05, 4.69) is 27.1 Å². The van der Waals surface area contributed by atoms with Crippen LogP contribution in [0.15, 0.2) is 45.9 Å². The van der Waals surface area contributed by atoms with Gasteiger partial charge < -0.3 is 4.57 Å². The summed E-state index contributed by atoms with van der Waals surface area (Å²) in [6, 6.07) is 7.85. The van der Waals surface area contributed by atoms with Gasteiger partial charge in [-0.3, -0.25) is 0 Å². The zero-order chi connectivity index (χ0) is 17.5. The fraction of sp³-hybridized carbons (Fsp3) is 0.294. The Kier molecular flexibility index (Phi) is 7.75. The van der Waals surface area contributed by atoms with Crippen LogP contribution < -0.4 is 0 Å². The fourth-order valence-corrected chi connectivity index (χ4v) is 4.14. The molecule has 0 aliphatic rings.